The lowest BCUT2D eigenvalue weighted by atomic mass is 10.1. The summed E-state index contributed by atoms with van der Waals surface area (Å²) in [6, 6.07) is 18.2. The largest absolute Gasteiger partial charge is 0.366 e. The molecule has 0 aliphatic rings. The van der Waals surface area contributed by atoms with E-state index in [2.05, 4.69) is 9.71 Å². The van der Waals surface area contributed by atoms with Gasteiger partial charge in [0.05, 0.1) is 0 Å². The number of rotatable bonds is 4. The standard InChI is InChI=1S/C16H14N2O2S/c19-21(20,18-14-9-5-2-6-10-14)16-12-17-11-15(16)13-7-3-1-4-8-13/h1-12,17-18H. The summed E-state index contributed by atoms with van der Waals surface area (Å²) in [6.07, 6.45) is 3.18. The van der Waals surface area contributed by atoms with E-state index in [0.717, 1.165) is 5.56 Å². The summed E-state index contributed by atoms with van der Waals surface area (Å²) in [5.74, 6) is 0. The highest BCUT2D eigenvalue weighted by Gasteiger charge is 2.20. The normalized spacial score (nSPS) is 11.2. The van der Waals surface area contributed by atoms with Crippen molar-refractivity contribution in [2.75, 3.05) is 4.72 Å². The van der Waals surface area contributed by atoms with Crippen LogP contribution in [0, 0.1) is 0 Å². The van der Waals surface area contributed by atoms with Crippen LogP contribution < -0.4 is 4.72 Å². The molecule has 4 nitrogen and oxygen atoms in total. The molecule has 0 saturated heterocycles. The fourth-order valence-corrected chi connectivity index (χ4v) is 3.38. The smallest absolute Gasteiger partial charge is 0.264 e. The van der Waals surface area contributed by atoms with Gasteiger partial charge in [-0.2, -0.15) is 0 Å². The summed E-state index contributed by atoms with van der Waals surface area (Å²) in [4.78, 5) is 3.10. The molecule has 0 bridgehead atoms. The lowest BCUT2D eigenvalue weighted by Crippen LogP contribution is -2.12. The Balaban J connectivity index is 2.00. The second-order valence-corrected chi connectivity index (χ2v) is 6.22. The molecule has 0 aliphatic heterocycles. The maximum Gasteiger partial charge on any atom is 0.264 e. The Morgan fingerprint density at radius 1 is 0.810 bits per heavy atom. The summed E-state index contributed by atoms with van der Waals surface area (Å²) >= 11 is 0. The van der Waals surface area contributed by atoms with E-state index in [9.17, 15) is 8.42 Å². The Morgan fingerprint density at radius 3 is 2.10 bits per heavy atom. The molecule has 0 radical (unpaired) electrons. The van der Waals surface area contributed by atoms with E-state index in [4.69, 9.17) is 0 Å². The van der Waals surface area contributed by atoms with E-state index in [1.165, 1.54) is 6.20 Å². The third-order valence-electron chi connectivity index (χ3n) is 3.11. The molecule has 0 fully saturated rings. The SMILES string of the molecule is O=S(=O)(Nc1ccccc1)c1c[nH]cc1-c1ccccc1. The summed E-state index contributed by atoms with van der Waals surface area (Å²) in [5, 5.41) is 0. The number of benzene rings is 2. The second-order valence-electron chi connectivity index (χ2n) is 4.57. The average molecular weight is 298 g/mol. The highest BCUT2D eigenvalue weighted by molar-refractivity contribution is 7.92. The van der Waals surface area contributed by atoms with Gasteiger partial charge in [-0.15, -0.1) is 0 Å². The van der Waals surface area contributed by atoms with Crippen LogP contribution in [0.5, 0.6) is 0 Å². The summed E-state index contributed by atoms with van der Waals surface area (Å²) in [7, 11) is -3.63. The number of hydrogen-bond donors (Lipinski definition) is 2. The fraction of sp³-hybridized carbons (Fsp3) is 0. The van der Waals surface area contributed by atoms with E-state index in [-0.39, 0.29) is 4.90 Å². The van der Waals surface area contributed by atoms with Crippen LogP contribution in [0.25, 0.3) is 11.1 Å². The van der Waals surface area contributed by atoms with Gasteiger partial charge in [0.15, 0.2) is 0 Å². The van der Waals surface area contributed by atoms with Gasteiger partial charge in [0.25, 0.3) is 10.0 Å². The fourth-order valence-electron chi connectivity index (χ4n) is 2.13. The molecule has 106 valence electrons. The van der Waals surface area contributed by atoms with Gasteiger partial charge >= 0.3 is 0 Å². The predicted molar refractivity (Wildman–Crippen MR) is 83.5 cm³/mol. The number of aromatic amines is 1. The molecular weight excluding hydrogens is 284 g/mol. The maximum atomic E-state index is 12.5. The molecule has 0 unspecified atom stereocenters. The first-order valence-corrected chi connectivity index (χ1v) is 7.95. The molecular formula is C16H14N2O2S. The van der Waals surface area contributed by atoms with Crippen LogP contribution in [0.2, 0.25) is 0 Å². The van der Waals surface area contributed by atoms with Gasteiger partial charge in [0.2, 0.25) is 0 Å². The van der Waals surface area contributed by atoms with Gasteiger partial charge in [0.1, 0.15) is 4.90 Å². The topological polar surface area (TPSA) is 62.0 Å². The second kappa shape index (κ2) is 5.46. The Hall–Kier alpha value is -2.53. The molecule has 3 aromatic rings. The first-order valence-electron chi connectivity index (χ1n) is 6.47. The average Bonchev–Trinajstić information content (AvgIpc) is 2.99. The Kier molecular flexibility index (Phi) is 3.50. The van der Waals surface area contributed by atoms with Gasteiger partial charge in [-0.05, 0) is 17.7 Å². The summed E-state index contributed by atoms with van der Waals surface area (Å²) < 4.78 is 27.6. The molecule has 0 spiro atoms. The monoisotopic (exact) mass is 298 g/mol. The number of H-pyrrole nitrogens is 1. The van der Waals surface area contributed by atoms with Crippen molar-refractivity contribution in [3.05, 3.63) is 73.1 Å². The van der Waals surface area contributed by atoms with Crippen molar-refractivity contribution in [1.82, 2.24) is 4.98 Å². The zero-order valence-electron chi connectivity index (χ0n) is 11.2. The van der Waals surface area contributed by atoms with Crippen molar-refractivity contribution in [2.45, 2.75) is 4.90 Å². The molecule has 2 N–H and O–H groups in total. The molecule has 5 heteroatoms. The van der Waals surface area contributed by atoms with Crippen molar-refractivity contribution in [1.29, 1.82) is 0 Å². The van der Waals surface area contributed by atoms with Crippen LogP contribution in [0.4, 0.5) is 5.69 Å². The lowest BCUT2D eigenvalue weighted by molar-refractivity contribution is 0.601. The van der Waals surface area contributed by atoms with Gasteiger partial charge in [-0.25, -0.2) is 8.42 Å². The Labute approximate surface area is 123 Å². The van der Waals surface area contributed by atoms with E-state index in [0.29, 0.717) is 11.3 Å². The molecule has 3 rings (SSSR count). The lowest BCUT2D eigenvalue weighted by Gasteiger charge is -2.08. The van der Waals surface area contributed by atoms with Crippen LogP contribution in [0.3, 0.4) is 0 Å². The van der Waals surface area contributed by atoms with Crippen LogP contribution in [-0.4, -0.2) is 13.4 Å². The van der Waals surface area contributed by atoms with E-state index >= 15 is 0 Å². The minimum absolute atomic E-state index is 0.234. The third kappa shape index (κ3) is 2.83. The van der Waals surface area contributed by atoms with E-state index < -0.39 is 10.0 Å². The quantitative estimate of drug-likeness (QED) is 0.774. The molecule has 0 aliphatic carbocycles. The first kappa shape index (κ1) is 13.5. The molecule has 0 saturated carbocycles. The van der Waals surface area contributed by atoms with Crippen molar-refractivity contribution in [3.63, 3.8) is 0 Å². The zero-order chi connectivity index (χ0) is 14.7. The number of para-hydroxylation sites is 1. The van der Waals surface area contributed by atoms with Gasteiger partial charge in [0, 0.05) is 23.6 Å². The third-order valence-corrected chi connectivity index (χ3v) is 4.53. The van der Waals surface area contributed by atoms with E-state index in [1.54, 1.807) is 30.5 Å². The predicted octanol–water partition coefficient (Wildman–Crippen LogP) is 3.48. The molecule has 0 amide bonds. The first-order chi connectivity index (χ1) is 10.2. The molecule has 0 atom stereocenters. The highest BCUT2D eigenvalue weighted by atomic mass is 32.2. The van der Waals surface area contributed by atoms with Gasteiger partial charge in [-0.1, -0.05) is 48.5 Å². The van der Waals surface area contributed by atoms with Crippen molar-refractivity contribution >= 4 is 15.7 Å². The number of aromatic nitrogens is 1. The number of anilines is 1. The van der Waals surface area contributed by atoms with Gasteiger partial charge < -0.3 is 4.98 Å². The van der Waals surface area contributed by atoms with Crippen LogP contribution in [0.15, 0.2) is 78.0 Å². The van der Waals surface area contributed by atoms with E-state index in [1.807, 2.05) is 36.4 Å². The van der Waals surface area contributed by atoms with Crippen molar-refractivity contribution < 1.29 is 8.42 Å². The van der Waals surface area contributed by atoms with Crippen LogP contribution >= 0.6 is 0 Å². The maximum absolute atomic E-state index is 12.5. The zero-order valence-corrected chi connectivity index (χ0v) is 12.0. The van der Waals surface area contributed by atoms with Gasteiger partial charge in [-0.3, -0.25) is 4.72 Å². The number of sulfonamides is 1. The minimum Gasteiger partial charge on any atom is -0.366 e. The Morgan fingerprint density at radius 2 is 1.43 bits per heavy atom. The van der Waals surface area contributed by atoms with Crippen LogP contribution in [-0.2, 0) is 10.0 Å². The summed E-state index contributed by atoms with van der Waals surface area (Å²) in [5.41, 5.74) is 2.05. The van der Waals surface area contributed by atoms with Crippen LogP contribution in [0.1, 0.15) is 0 Å². The Bertz CT molecular complexity index is 825. The molecule has 2 aromatic carbocycles. The number of nitrogens with one attached hydrogen (secondary N) is 2. The minimum atomic E-state index is -3.63. The number of hydrogen-bond acceptors (Lipinski definition) is 2. The highest BCUT2D eigenvalue weighted by Crippen LogP contribution is 2.28. The molecule has 1 aromatic heterocycles. The summed E-state index contributed by atoms with van der Waals surface area (Å²) in [6.45, 7) is 0. The molecule has 21 heavy (non-hydrogen) atoms. The van der Waals surface area contributed by atoms with Crippen molar-refractivity contribution in [2.24, 2.45) is 0 Å². The molecule has 1 heterocycles. The van der Waals surface area contributed by atoms with Crippen molar-refractivity contribution in [3.8, 4) is 11.1 Å².